The Balaban J connectivity index is 1.87. The zero-order chi connectivity index (χ0) is 20.0. The molecule has 2 fully saturated rings. The van der Waals surface area contributed by atoms with E-state index in [4.69, 9.17) is 16.7 Å². The van der Waals surface area contributed by atoms with Crippen molar-refractivity contribution >= 4 is 34.3 Å². The number of rotatable bonds is 4. The number of halogens is 2. The number of nitrogens with zero attached hydrogens (tertiary/aromatic N) is 3. The molecular formula is C19H21ClFN3O4. The van der Waals surface area contributed by atoms with Crippen LogP contribution in [0.3, 0.4) is 0 Å². The summed E-state index contributed by atoms with van der Waals surface area (Å²) in [4.78, 5) is 27.8. The summed E-state index contributed by atoms with van der Waals surface area (Å²) >= 11 is 6.65. The molecular weight excluding hydrogens is 389 g/mol. The molecule has 28 heavy (non-hydrogen) atoms. The van der Waals surface area contributed by atoms with Gasteiger partial charge in [0, 0.05) is 32.2 Å². The predicted octanol–water partition coefficient (Wildman–Crippen LogP) is 3.33. The summed E-state index contributed by atoms with van der Waals surface area (Å²) in [6.45, 7) is 5.93. The largest absolute Gasteiger partial charge is 0.511 e. The van der Waals surface area contributed by atoms with Gasteiger partial charge in [0.1, 0.15) is 5.82 Å². The molecule has 1 aromatic heterocycles. The zero-order valence-electron chi connectivity index (χ0n) is 15.5. The molecule has 1 aromatic carbocycles. The Morgan fingerprint density at radius 1 is 1.32 bits per heavy atom. The Hall–Kier alpha value is -2.32. The number of ether oxygens (including phenoxy) is 1. The van der Waals surface area contributed by atoms with E-state index >= 15 is 4.39 Å². The van der Waals surface area contributed by atoms with Crippen molar-refractivity contribution in [3.63, 3.8) is 0 Å². The summed E-state index contributed by atoms with van der Waals surface area (Å²) in [5.74, 6) is -0.930. The lowest BCUT2D eigenvalue weighted by Crippen LogP contribution is -2.46. The number of anilines is 1. The monoisotopic (exact) mass is 409 g/mol. The van der Waals surface area contributed by atoms with Crippen LogP contribution in [0.1, 0.15) is 25.8 Å². The normalized spacial score (nSPS) is 17.9. The minimum absolute atomic E-state index is 0.0316. The fourth-order valence-electron chi connectivity index (χ4n) is 3.79. The first-order valence-electron chi connectivity index (χ1n) is 9.35. The first-order valence-corrected chi connectivity index (χ1v) is 9.73. The predicted molar refractivity (Wildman–Crippen MR) is 104 cm³/mol. The fourth-order valence-corrected chi connectivity index (χ4v) is 4.20. The van der Waals surface area contributed by atoms with E-state index in [0.717, 1.165) is 38.5 Å². The second kappa shape index (κ2) is 7.25. The molecule has 1 saturated heterocycles. The van der Waals surface area contributed by atoms with Gasteiger partial charge >= 0.3 is 6.16 Å². The first-order chi connectivity index (χ1) is 13.4. The van der Waals surface area contributed by atoms with Crippen LogP contribution in [0.2, 0.25) is 5.02 Å². The van der Waals surface area contributed by atoms with Gasteiger partial charge in [-0.15, -0.1) is 0 Å². The summed E-state index contributed by atoms with van der Waals surface area (Å²) in [5, 5.41) is 9.11. The number of carboxylic acid groups (broad SMARTS) is 1. The van der Waals surface area contributed by atoms with Crippen molar-refractivity contribution in [1.29, 1.82) is 0 Å². The highest BCUT2D eigenvalue weighted by Gasteiger charge is 2.30. The van der Waals surface area contributed by atoms with E-state index in [1.807, 2.05) is 4.90 Å². The first kappa shape index (κ1) is 19.0. The van der Waals surface area contributed by atoms with Gasteiger partial charge in [-0.1, -0.05) is 18.5 Å². The molecule has 2 aromatic rings. The van der Waals surface area contributed by atoms with Crippen LogP contribution in [-0.4, -0.2) is 53.5 Å². The van der Waals surface area contributed by atoms with E-state index in [0.29, 0.717) is 24.3 Å². The Kier molecular flexibility index (Phi) is 4.93. The van der Waals surface area contributed by atoms with Gasteiger partial charge < -0.3 is 24.2 Å². The van der Waals surface area contributed by atoms with E-state index in [1.165, 1.54) is 6.20 Å². The van der Waals surface area contributed by atoms with Crippen LogP contribution in [0.4, 0.5) is 14.9 Å². The number of likely N-dealkylation sites (N-methyl/N-ethyl adjacent to an activating group) is 1. The third-order valence-corrected chi connectivity index (χ3v) is 5.78. The second-order valence-corrected chi connectivity index (χ2v) is 7.55. The van der Waals surface area contributed by atoms with Gasteiger partial charge in [0.15, 0.2) is 5.75 Å². The molecule has 0 unspecified atom stereocenters. The van der Waals surface area contributed by atoms with Crippen molar-refractivity contribution in [2.45, 2.75) is 25.8 Å². The minimum atomic E-state index is -1.59. The van der Waals surface area contributed by atoms with Crippen molar-refractivity contribution < 1.29 is 19.0 Å². The lowest BCUT2D eigenvalue weighted by Gasteiger charge is -2.36. The van der Waals surface area contributed by atoms with Crippen molar-refractivity contribution in [1.82, 2.24) is 9.47 Å². The molecule has 0 radical (unpaired) electrons. The molecule has 1 N–H and O–H groups in total. The van der Waals surface area contributed by atoms with Crippen molar-refractivity contribution in [2.24, 2.45) is 0 Å². The number of hydrogen-bond acceptors (Lipinski definition) is 5. The summed E-state index contributed by atoms with van der Waals surface area (Å²) < 4.78 is 21.4. The topological polar surface area (TPSA) is 75.0 Å². The molecule has 0 spiro atoms. The average molecular weight is 410 g/mol. The summed E-state index contributed by atoms with van der Waals surface area (Å²) in [6, 6.07) is 1.24. The maximum absolute atomic E-state index is 15.0. The molecule has 1 aliphatic carbocycles. The summed E-state index contributed by atoms with van der Waals surface area (Å²) in [5.41, 5.74) is 0.0456. The maximum Gasteiger partial charge on any atom is 0.511 e. The van der Waals surface area contributed by atoms with E-state index in [9.17, 15) is 9.59 Å². The van der Waals surface area contributed by atoms with Crippen LogP contribution in [0.5, 0.6) is 5.75 Å². The van der Waals surface area contributed by atoms with Gasteiger partial charge in [-0.3, -0.25) is 4.79 Å². The van der Waals surface area contributed by atoms with Gasteiger partial charge in [0.05, 0.1) is 27.8 Å². The smallest absolute Gasteiger partial charge is 0.449 e. The molecule has 0 amide bonds. The van der Waals surface area contributed by atoms with E-state index in [1.54, 1.807) is 4.57 Å². The Morgan fingerprint density at radius 2 is 2.00 bits per heavy atom. The van der Waals surface area contributed by atoms with Gasteiger partial charge in [-0.05, 0) is 25.5 Å². The number of carbonyl (C=O) groups is 1. The highest BCUT2D eigenvalue weighted by Crippen LogP contribution is 2.42. The third kappa shape index (κ3) is 3.31. The van der Waals surface area contributed by atoms with Crippen LogP contribution < -0.4 is 15.1 Å². The average Bonchev–Trinajstić information content (AvgIpc) is 3.49. The van der Waals surface area contributed by atoms with Crippen LogP contribution in [-0.2, 0) is 0 Å². The Morgan fingerprint density at radius 3 is 2.57 bits per heavy atom. The molecule has 1 saturated carbocycles. The second-order valence-electron chi connectivity index (χ2n) is 7.17. The van der Waals surface area contributed by atoms with Gasteiger partial charge in [0.25, 0.3) is 0 Å². The van der Waals surface area contributed by atoms with Crippen LogP contribution in [0, 0.1) is 5.82 Å². The van der Waals surface area contributed by atoms with Crippen molar-refractivity contribution in [3.05, 3.63) is 33.3 Å². The summed E-state index contributed by atoms with van der Waals surface area (Å²) in [6.07, 6.45) is 1.54. The standard InChI is InChI=1S/C19H21ClFN3O4/c1-2-22-5-7-23(8-6-22)17-13(21)9-12-16(15(17)20)24(11-3-4-11)10-14(18(12)25)28-19(26)27/h9-11H,2-8H2,1H3,(H,26,27). The fraction of sp³-hybridized carbons (Fsp3) is 0.474. The molecule has 7 nitrogen and oxygen atoms in total. The Bertz CT molecular complexity index is 997. The molecule has 9 heteroatoms. The van der Waals surface area contributed by atoms with Gasteiger partial charge in [-0.25, -0.2) is 9.18 Å². The SMILES string of the molecule is CCN1CCN(c2c(F)cc3c(=O)c(OC(=O)O)cn(C4CC4)c3c2Cl)CC1. The highest BCUT2D eigenvalue weighted by molar-refractivity contribution is 6.38. The number of pyridine rings is 1. The number of fused-ring (bicyclic) bond motifs is 1. The molecule has 2 heterocycles. The minimum Gasteiger partial charge on any atom is -0.449 e. The van der Waals surface area contributed by atoms with Crippen LogP contribution in [0.15, 0.2) is 17.1 Å². The Labute approximate surface area is 165 Å². The molecule has 2 aliphatic rings. The number of benzene rings is 1. The van der Waals surface area contributed by atoms with Gasteiger partial charge in [0.2, 0.25) is 5.43 Å². The molecule has 1 aliphatic heterocycles. The van der Waals surface area contributed by atoms with Crippen molar-refractivity contribution in [3.8, 4) is 5.75 Å². The van der Waals surface area contributed by atoms with Crippen LogP contribution >= 0.6 is 11.6 Å². The van der Waals surface area contributed by atoms with Crippen molar-refractivity contribution in [2.75, 3.05) is 37.6 Å². The van der Waals surface area contributed by atoms with E-state index < -0.39 is 17.4 Å². The lowest BCUT2D eigenvalue weighted by molar-refractivity contribution is 0.143. The third-order valence-electron chi connectivity index (χ3n) is 5.42. The van der Waals surface area contributed by atoms with E-state index in [-0.39, 0.29) is 22.2 Å². The maximum atomic E-state index is 15.0. The molecule has 0 atom stereocenters. The molecule has 0 bridgehead atoms. The quantitative estimate of drug-likeness (QED) is 0.781. The lowest BCUT2D eigenvalue weighted by atomic mass is 10.1. The van der Waals surface area contributed by atoms with Crippen LogP contribution in [0.25, 0.3) is 10.9 Å². The van der Waals surface area contributed by atoms with E-state index in [2.05, 4.69) is 16.6 Å². The van der Waals surface area contributed by atoms with Gasteiger partial charge in [-0.2, -0.15) is 0 Å². The highest BCUT2D eigenvalue weighted by atomic mass is 35.5. The number of aromatic nitrogens is 1. The zero-order valence-corrected chi connectivity index (χ0v) is 16.2. The molecule has 4 rings (SSSR count). The number of piperazine rings is 1. The molecule has 150 valence electrons. The summed E-state index contributed by atoms with van der Waals surface area (Å²) in [7, 11) is 0. The number of hydrogen-bond donors (Lipinski definition) is 1.